The first kappa shape index (κ1) is 27.1. The van der Waals surface area contributed by atoms with Gasteiger partial charge < -0.3 is 15.3 Å². The van der Waals surface area contributed by atoms with Crippen LogP contribution < -0.4 is 5.32 Å². The van der Waals surface area contributed by atoms with Gasteiger partial charge >= 0.3 is 0 Å². The second-order valence-electron chi connectivity index (χ2n) is 7.46. The maximum Gasteiger partial charge on any atom is 0.241 e. The van der Waals surface area contributed by atoms with Crippen LogP contribution in [0.4, 0.5) is 0 Å². The van der Waals surface area contributed by atoms with Gasteiger partial charge in [0, 0.05) is 19.7 Å². The van der Waals surface area contributed by atoms with E-state index in [-0.39, 0.29) is 19.1 Å². The summed E-state index contributed by atoms with van der Waals surface area (Å²) in [7, 11) is 0. The molecule has 26 heavy (non-hydrogen) atoms. The van der Waals surface area contributed by atoms with Gasteiger partial charge in [0.15, 0.2) is 0 Å². The van der Waals surface area contributed by atoms with Crippen LogP contribution in [0.15, 0.2) is 0 Å². The van der Waals surface area contributed by atoms with E-state index in [2.05, 4.69) is 39.9 Å². The molecule has 1 aliphatic rings. The van der Waals surface area contributed by atoms with Crippen molar-refractivity contribution in [3.8, 4) is 0 Å². The first-order valence-corrected chi connectivity index (χ1v) is 10.5. The Bertz CT molecular complexity index is 314. The Balaban J connectivity index is 0. The Kier molecular flexibility index (Phi) is 21.1. The minimum Gasteiger partial charge on any atom is -0.396 e. The van der Waals surface area contributed by atoms with E-state index in [1.54, 1.807) is 4.90 Å². The maximum atomic E-state index is 11.4. The monoisotopic (exact) mass is 372 g/mol. The van der Waals surface area contributed by atoms with Crippen LogP contribution in [-0.4, -0.2) is 48.6 Å². The lowest BCUT2D eigenvalue weighted by Crippen LogP contribution is -2.43. The van der Waals surface area contributed by atoms with Crippen LogP contribution in [0, 0.1) is 11.8 Å². The average Bonchev–Trinajstić information content (AvgIpc) is 2.64. The number of hydrogen-bond donors (Lipinski definition) is 2. The molecule has 0 unspecified atom stereocenters. The summed E-state index contributed by atoms with van der Waals surface area (Å²) in [5.41, 5.74) is 0. The fourth-order valence-corrected chi connectivity index (χ4v) is 2.59. The molecule has 1 saturated heterocycles. The highest BCUT2D eigenvalue weighted by atomic mass is 16.3. The predicted octanol–water partition coefficient (Wildman–Crippen LogP) is 3.99. The number of nitrogens with zero attached hydrogens (tertiary/aromatic N) is 1. The van der Waals surface area contributed by atoms with Gasteiger partial charge in [0.2, 0.25) is 12.3 Å². The normalized spacial score (nSPS) is 14.0. The van der Waals surface area contributed by atoms with Crippen molar-refractivity contribution in [2.45, 2.75) is 86.0 Å². The summed E-state index contributed by atoms with van der Waals surface area (Å²) in [5.74, 6) is 1.19. The lowest BCUT2D eigenvalue weighted by Gasteiger charge is -2.31. The molecule has 5 nitrogen and oxygen atoms in total. The number of rotatable bonds is 9. The minimum atomic E-state index is -0.0477. The fraction of sp³-hybridized carbons (Fsp3) is 0.905. The molecule has 1 fully saturated rings. The first-order chi connectivity index (χ1) is 12.5. The summed E-state index contributed by atoms with van der Waals surface area (Å²) >= 11 is 0. The first-order valence-electron chi connectivity index (χ1n) is 10.5. The largest absolute Gasteiger partial charge is 0.396 e. The molecule has 1 heterocycles. The third-order valence-corrected chi connectivity index (χ3v) is 4.20. The van der Waals surface area contributed by atoms with Crippen molar-refractivity contribution in [1.29, 1.82) is 0 Å². The van der Waals surface area contributed by atoms with Gasteiger partial charge in [-0.2, -0.15) is 0 Å². The van der Waals surface area contributed by atoms with Crippen LogP contribution in [0.1, 0.15) is 86.0 Å². The predicted molar refractivity (Wildman–Crippen MR) is 110 cm³/mol. The molecule has 2 amide bonds. The zero-order chi connectivity index (χ0) is 20.2. The summed E-state index contributed by atoms with van der Waals surface area (Å²) in [6.07, 6.45) is 10.6. The smallest absolute Gasteiger partial charge is 0.241 e. The van der Waals surface area contributed by atoms with Gasteiger partial charge in [-0.15, -0.1) is 0 Å². The SMILES string of the molecule is CCC.CCCCCCC(C)C.O=CNCC(=O)N1CCC(CO)CC1. The number of amides is 2. The minimum absolute atomic E-state index is 0.0477. The van der Waals surface area contributed by atoms with Crippen LogP contribution in [-0.2, 0) is 9.59 Å². The highest BCUT2D eigenvalue weighted by Crippen LogP contribution is 2.15. The third-order valence-electron chi connectivity index (χ3n) is 4.20. The molecule has 0 aromatic rings. The number of aliphatic hydroxyl groups excluding tert-OH is 1. The van der Waals surface area contributed by atoms with Crippen molar-refractivity contribution in [2.75, 3.05) is 26.2 Å². The Morgan fingerprint density at radius 3 is 2.15 bits per heavy atom. The van der Waals surface area contributed by atoms with E-state index in [1.807, 2.05) is 0 Å². The lowest BCUT2D eigenvalue weighted by atomic mass is 9.98. The maximum absolute atomic E-state index is 11.4. The molecular formula is C21H44N2O3. The molecule has 0 radical (unpaired) electrons. The van der Waals surface area contributed by atoms with Gasteiger partial charge in [0.1, 0.15) is 0 Å². The van der Waals surface area contributed by atoms with E-state index in [0.29, 0.717) is 25.4 Å². The van der Waals surface area contributed by atoms with E-state index >= 15 is 0 Å². The molecule has 0 atom stereocenters. The second kappa shape index (κ2) is 20.2. The van der Waals surface area contributed by atoms with E-state index in [1.165, 1.54) is 38.5 Å². The van der Waals surface area contributed by atoms with Crippen molar-refractivity contribution in [1.82, 2.24) is 10.2 Å². The van der Waals surface area contributed by atoms with Crippen molar-refractivity contribution in [3.63, 3.8) is 0 Å². The number of carbonyl (C=O) groups excluding carboxylic acids is 2. The van der Waals surface area contributed by atoms with Crippen molar-refractivity contribution in [2.24, 2.45) is 11.8 Å². The highest BCUT2D eigenvalue weighted by molar-refractivity contribution is 5.80. The summed E-state index contributed by atoms with van der Waals surface area (Å²) in [4.78, 5) is 23.1. The van der Waals surface area contributed by atoms with Crippen molar-refractivity contribution >= 4 is 12.3 Å². The van der Waals surface area contributed by atoms with Gasteiger partial charge in [-0.05, 0) is 24.7 Å². The Labute approximate surface area is 161 Å². The van der Waals surface area contributed by atoms with E-state index in [9.17, 15) is 9.59 Å². The van der Waals surface area contributed by atoms with E-state index in [0.717, 1.165) is 18.8 Å². The number of nitrogens with one attached hydrogen (secondary N) is 1. The van der Waals surface area contributed by atoms with Crippen LogP contribution in [0.2, 0.25) is 0 Å². The number of aliphatic hydroxyl groups is 1. The molecule has 2 N–H and O–H groups in total. The quantitative estimate of drug-likeness (QED) is 0.475. The average molecular weight is 373 g/mol. The molecule has 0 aromatic carbocycles. The fourth-order valence-electron chi connectivity index (χ4n) is 2.59. The third kappa shape index (κ3) is 17.7. The highest BCUT2D eigenvalue weighted by Gasteiger charge is 2.21. The summed E-state index contributed by atoms with van der Waals surface area (Å²) in [6, 6.07) is 0. The molecular weight excluding hydrogens is 328 g/mol. The number of likely N-dealkylation sites (tertiary alicyclic amines) is 1. The Morgan fingerprint density at radius 1 is 1.15 bits per heavy atom. The topological polar surface area (TPSA) is 69.6 Å². The van der Waals surface area contributed by atoms with Crippen molar-refractivity contribution in [3.05, 3.63) is 0 Å². The molecule has 0 spiro atoms. The zero-order valence-electron chi connectivity index (χ0n) is 17.9. The standard InChI is InChI=1S/C9H16N2O3.C9H20.C3H8/c12-6-8-1-3-11(4-2-8)9(14)5-10-7-13;1-4-5-6-7-8-9(2)3;1-3-2/h7-8,12H,1-6H2,(H,10,13);9H,4-8H2,1-3H3;3H2,1-2H3. The summed E-state index contributed by atoms with van der Waals surface area (Å²) < 4.78 is 0. The van der Waals surface area contributed by atoms with Crippen LogP contribution >= 0.6 is 0 Å². The van der Waals surface area contributed by atoms with Gasteiger partial charge in [-0.3, -0.25) is 9.59 Å². The lowest BCUT2D eigenvalue weighted by molar-refractivity contribution is -0.132. The number of carbonyl (C=O) groups is 2. The zero-order valence-corrected chi connectivity index (χ0v) is 17.9. The van der Waals surface area contributed by atoms with E-state index < -0.39 is 0 Å². The summed E-state index contributed by atoms with van der Waals surface area (Å²) in [6.45, 7) is 12.8. The van der Waals surface area contributed by atoms with E-state index in [4.69, 9.17) is 5.11 Å². The molecule has 0 aromatic heterocycles. The number of hydrogen-bond acceptors (Lipinski definition) is 3. The van der Waals surface area contributed by atoms with Crippen molar-refractivity contribution < 1.29 is 14.7 Å². The molecule has 1 aliphatic heterocycles. The van der Waals surface area contributed by atoms with Crippen LogP contribution in [0.3, 0.4) is 0 Å². The number of piperidine rings is 1. The van der Waals surface area contributed by atoms with Crippen LogP contribution in [0.5, 0.6) is 0 Å². The molecule has 0 saturated carbocycles. The Hall–Kier alpha value is -1.10. The Morgan fingerprint density at radius 2 is 1.73 bits per heavy atom. The van der Waals surface area contributed by atoms with Gasteiger partial charge in [-0.25, -0.2) is 0 Å². The molecule has 1 rings (SSSR count). The van der Waals surface area contributed by atoms with Gasteiger partial charge in [-0.1, -0.05) is 73.1 Å². The second-order valence-corrected chi connectivity index (χ2v) is 7.46. The van der Waals surface area contributed by atoms with Gasteiger partial charge in [0.25, 0.3) is 0 Å². The molecule has 0 bridgehead atoms. The summed E-state index contributed by atoms with van der Waals surface area (Å²) in [5, 5.41) is 11.2. The number of unbranched alkanes of at least 4 members (excludes halogenated alkanes) is 3. The van der Waals surface area contributed by atoms with Gasteiger partial charge in [0.05, 0.1) is 6.54 Å². The molecule has 0 aliphatic carbocycles. The molecule has 5 heteroatoms. The van der Waals surface area contributed by atoms with Crippen LogP contribution in [0.25, 0.3) is 0 Å². The molecule has 156 valence electrons.